The minimum Gasteiger partial charge on any atom is -0.208 e. The molecule has 0 fully saturated rings. The summed E-state index contributed by atoms with van der Waals surface area (Å²) in [6, 6.07) is 27.2. The normalized spacial score (nSPS) is 11.4. The van der Waals surface area contributed by atoms with Crippen molar-refractivity contribution >= 4 is 11.8 Å². The summed E-state index contributed by atoms with van der Waals surface area (Å²) in [6.45, 7) is 2.09. The molecular weight excluding hydrogens is 502 g/mol. The molecule has 0 aliphatic heterocycles. The number of pyridine rings is 1. The van der Waals surface area contributed by atoms with Gasteiger partial charge in [-0.25, -0.2) is 4.57 Å². The largest absolute Gasteiger partial charge is 0.208 e. The van der Waals surface area contributed by atoms with Crippen LogP contribution in [0.15, 0.2) is 120 Å². The molecule has 192 valence electrons. The van der Waals surface area contributed by atoms with Gasteiger partial charge in [0.15, 0.2) is 12.4 Å². The average Bonchev–Trinajstić information content (AvgIpc) is 3.51. The van der Waals surface area contributed by atoms with Gasteiger partial charge in [0.05, 0.1) is 0 Å². The van der Waals surface area contributed by atoms with Crippen molar-refractivity contribution in [2.24, 2.45) is 7.05 Å². The van der Waals surface area contributed by atoms with Crippen LogP contribution in [0.1, 0.15) is 45.4 Å². The van der Waals surface area contributed by atoms with Gasteiger partial charge in [-0.3, -0.25) is 0 Å². The second-order valence-electron chi connectivity index (χ2n) is 9.68. The van der Waals surface area contributed by atoms with Crippen LogP contribution in [0.4, 0.5) is 0 Å². The monoisotopic (exact) mass is 532 g/mol. The van der Waals surface area contributed by atoms with Crippen LogP contribution < -0.4 is 4.57 Å². The fraction of sp³-hybridized carbons (Fsp3) is 0.132. The molecule has 4 aromatic rings. The molecule has 0 radical (unpaired) electrons. The second-order valence-corrected chi connectivity index (χ2v) is 10.8. The topological polar surface area (TPSA) is 3.88 Å². The zero-order valence-electron chi connectivity index (χ0n) is 22.9. The first-order valence-corrected chi connectivity index (χ1v) is 14.4. The number of benzene rings is 3. The second kappa shape index (κ2) is 13.4. The van der Waals surface area contributed by atoms with Crippen LogP contribution in [0.3, 0.4) is 0 Å². The molecule has 1 aliphatic carbocycles. The zero-order chi connectivity index (χ0) is 27.6. The number of rotatable bonds is 4. The summed E-state index contributed by atoms with van der Waals surface area (Å²) in [6.07, 6.45) is 12.4. The number of hydrogen-bond donors (Lipinski definition) is 0. The fourth-order valence-electron chi connectivity index (χ4n) is 4.11. The Morgan fingerprint density at radius 1 is 0.700 bits per heavy atom. The van der Waals surface area contributed by atoms with Gasteiger partial charge >= 0.3 is 0 Å². The molecule has 0 atom stereocenters. The highest BCUT2D eigenvalue weighted by molar-refractivity contribution is 7.99. The highest BCUT2D eigenvalue weighted by Crippen LogP contribution is 2.20. The predicted molar refractivity (Wildman–Crippen MR) is 167 cm³/mol. The molecule has 0 unspecified atom stereocenters. The van der Waals surface area contributed by atoms with Crippen LogP contribution in [0.25, 0.3) is 0 Å². The number of aromatic nitrogens is 1. The Bertz CT molecular complexity index is 1740. The molecule has 0 saturated carbocycles. The van der Waals surface area contributed by atoms with E-state index in [1.165, 1.54) is 10.5 Å². The van der Waals surface area contributed by atoms with Gasteiger partial charge in [0.1, 0.15) is 7.05 Å². The van der Waals surface area contributed by atoms with E-state index < -0.39 is 0 Å². The molecule has 0 amide bonds. The minimum atomic E-state index is 0.932. The molecule has 1 aromatic heterocycles. The van der Waals surface area contributed by atoms with Gasteiger partial charge in [-0.1, -0.05) is 53.8 Å². The Morgan fingerprint density at radius 2 is 1.30 bits per heavy atom. The summed E-state index contributed by atoms with van der Waals surface area (Å²) in [7, 11) is 2.04. The maximum atomic E-state index is 3.31. The Hall–Kier alpha value is -4.68. The third kappa shape index (κ3) is 7.91. The Kier molecular flexibility index (Phi) is 9.02. The SMILES string of the molecule is Cc1cc(C#Cc2ccc(SCCc3cc[n+](C)cc3)cc2)ccc1C#Cc1ccc(C#CC2=CC=CC2)cc1. The van der Waals surface area contributed by atoms with E-state index in [1.54, 1.807) is 0 Å². The summed E-state index contributed by atoms with van der Waals surface area (Å²) in [5.41, 5.74) is 8.66. The summed E-state index contributed by atoms with van der Waals surface area (Å²) in [5.74, 6) is 20.7. The average molecular weight is 533 g/mol. The van der Waals surface area contributed by atoms with E-state index in [1.807, 2.05) is 49.1 Å². The van der Waals surface area contributed by atoms with Gasteiger partial charge in [-0.05, 0) is 97.6 Å². The summed E-state index contributed by atoms with van der Waals surface area (Å²) in [4.78, 5) is 1.27. The molecule has 1 heterocycles. The number of hydrogen-bond acceptors (Lipinski definition) is 1. The lowest BCUT2D eigenvalue weighted by molar-refractivity contribution is -0.671. The van der Waals surface area contributed by atoms with E-state index in [4.69, 9.17) is 0 Å². The Morgan fingerprint density at radius 3 is 1.95 bits per heavy atom. The molecule has 1 aliphatic rings. The molecule has 0 N–H and O–H groups in total. The van der Waals surface area contributed by atoms with Crippen molar-refractivity contribution in [2.75, 3.05) is 5.75 Å². The predicted octanol–water partition coefficient (Wildman–Crippen LogP) is 7.19. The lowest BCUT2D eigenvalue weighted by atomic mass is 10.0. The third-order valence-corrected chi connectivity index (χ3v) is 7.52. The molecular formula is C38H30NS+. The first-order valence-electron chi connectivity index (χ1n) is 13.4. The van der Waals surface area contributed by atoms with Crippen molar-refractivity contribution in [3.8, 4) is 35.5 Å². The molecule has 3 aromatic carbocycles. The van der Waals surface area contributed by atoms with Crippen LogP contribution in [0.2, 0.25) is 0 Å². The molecule has 0 bridgehead atoms. The lowest BCUT2D eigenvalue weighted by Crippen LogP contribution is -2.25. The van der Waals surface area contributed by atoms with Crippen molar-refractivity contribution in [2.45, 2.75) is 24.7 Å². The van der Waals surface area contributed by atoms with E-state index in [-0.39, 0.29) is 0 Å². The van der Waals surface area contributed by atoms with E-state index in [9.17, 15) is 0 Å². The van der Waals surface area contributed by atoms with Crippen molar-refractivity contribution < 1.29 is 4.57 Å². The van der Waals surface area contributed by atoms with Crippen LogP contribution in [-0.4, -0.2) is 5.75 Å². The van der Waals surface area contributed by atoms with Gasteiger partial charge in [0, 0.05) is 56.2 Å². The smallest absolute Gasteiger partial charge is 0.168 e. The first kappa shape index (κ1) is 26.9. The van der Waals surface area contributed by atoms with E-state index in [2.05, 4.69) is 126 Å². The van der Waals surface area contributed by atoms with Gasteiger partial charge in [0.2, 0.25) is 0 Å². The lowest BCUT2D eigenvalue weighted by Gasteiger charge is -2.02. The summed E-state index contributed by atoms with van der Waals surface area (Å²) < 4.78 is 2.06. The van der Waals surface area contributed by atoms with Crippen LogP contribution >= 0.6 is 11.8 Å². The number of thioether (sulfide) groups is 1. The molecule has 40 heavy (non-hydrogen) atoms. The van der Waals surface area contributed by atoms with E-state index >= 15 is 0 Å². The van der Waals surface area contributed by atoms with Crippen LogP contribution in [0.5, 0.6) is 0 Å². The van der Waals surface area contributed by atoms with E-state index in [0.29, 0.717) is 0 Å². The fourth-order valence-corrected chi connectivity index (χ4v) is 5.02. The molecule has 2 heteroatoms. The van der Waals surface area contributed by atoms with Gasteiger partial charge in [-0.2, -0.15) is 0 Å². The Balaban J connectivity index is 1.15. The molecule has 0 spiro atoms. The standard InChI is InChI=1S/C38H30NS/c1-30-29-36(14-13-34-17-21-38(22-18-34)40-28-25-35-23-26-39(2)27-24-35)16-20-37(30)19-15-33-11-9-32(10-12-33)8-7-31-5-3-4-6-31/h3-5,9-12,16-18,20-24,26-27,29H,6,25,28H2,1-2H3/q+1. The van der Waals surface area contributed by atoms with Crippen LogP contribution in [0, 0.1) is 42.4 Å². The Labute approximate surface area is 242 Å². The molecule has 0 saturated heterocycles. The summed E-state index contributed by atoms with van der Waals surface area (Å²) in [5, 5.41) is 0. The van der Waals surface area contributed by atoms with Gasteiger partial charge in [-0.15, -0.1) is 11.8 Å². The van der Waals surface area contributed by atoms with E-state index in [0.717, 1.165) is 57.5 Å². The first-order chi connectivity index (χ1) is 19.6. The summed E-state index contributed by atoms with van der Waals surface area (Å²) >= 11 is 1.88. The number of aryl methyl sites for hydroxylation is 3. The third-order valence-electron chi connectivity index (χ3n) is 6.50. The quantitative estimate of drug-likeness (QED) is 0.153. The minimum absolute atomic E-state index is 0.932. The van der Waals surface area contributed by atoms with Gasteiger partial charge < -0.3 is 0 Å². The van der Waals surface area contributed by atoms with Crippen molar-refractivity contribution in [1.29, 1.82) is 0 Å². The van der Waals surface area contributed by atoms with Gasteiger partial charge in [0.25, 0.3) is 0 Å². The number of allylic oxidation sites excluding steroid dienone is 4. The highest BCUT2D eigenvalue weighted by atomic mass is 32.2. The molecule has 1 nitrogen and oxygen atoms in total. The van der Waals surface area contributed by atoms with Crippen molar-refractivity contribution in [3.63, 3.8) is 0 Å². The highest BCUT2D eigenvalue weighted by Gasteiger charge is 2.00. The zero-order valence-corrected chi connectivity index (χ0v) is 23.7. The van der Waals surface area contributed by atoms with Crippen molar-refractivity contribution in [3.05, 3.63) is 154 Å². The number of nitrogens with zero attached hydrogens (tertiary/aromatic N) is 1. The molecule has 5 rings (SSSR count). The van der Waals surface area contributed by atoms with Crippen molar-refractivity contribution in [1.82, 2.24) is 0 Å². The maximum Gasteiger partial charge on any atom is 0.168 e. The van der Waals surface area contributed by atoms with Crippen LogP contribution in [-0.2, 0) is 13.5 Å². The maximum absolute atomic E-state index is 3.31.